The number of nitrogens with zero attached hydrogens (tertiary/aromatic N) is 3. The number of aromatic nitrogens is 2. The zero-order chi connectivity index (χ0) is 15.7. The Morgan fingerprint density at radius 2 is 2.23 bits per heavy atom. The molecule has 22 heavy (non-hydrogen) atoms. The molecule has 2 heterocycles. The molecular weight excluding hydrogens is 296 g/mol. The Morgan fingerprint density at radius 3 is 2.82 bits per heavy atom. The van der Waals surface area contributed by atoms with Crippen molar-refractivity contribution in [2.75, 3.05) is 0 Å². The Bertz CT molecular complexity index is 758. The molecule has 0 aliphatic heterocycles. The normalized spacial score (nSPS) is 15.1. The number of thiazole rings is 1. The van der Waals surface area contributed by atoms with Crippen LogP contribution in [0, 0.1) is 24.2 Å². The van der Waals surface area contributed by atoms with E-state index in [0.717, 1.165) is 9.88 Å². The van der Waals surface area contributed by atoms with Crippen LogP contribution in [0.2, 0.25) is 0 Å². The number of nitriles is 1. The zero-order valence-corrected chi connectivity index (χ0v) is 13.3. The van der Waals surface area contributed by atoms with Crippen LogP contribution in [0.3, 0.4) is 0 Å². The van der Waals surface area contributed by atoms with Crippen molar-refractivity contribution in [2.45, 2.75) is 32.7 Å². The van der Waals surface area contributed by atoms with E-state index in [2.05, 4.69) is 21.4 Å². The molecule has 0 aromatic carbocycles. The fraction of sp³-hybridized carbons (Fsp3) is 0.375. The maximum absolute atomic E-state index is 12.3. The fourth-order valence-electron chi connectivity index (χ4n) is 2.36. The minimum Gasteiger partial charge on any atom is -0.349 e. The quantitative estimate of drug-likeness (QED) is 0.941. The summed E-state index contributed by atoms with van der Waals surface area (Å²) in [7, 11) is 0. The second-order valence-corrected chi connectivity index (χ2v) is 6.81. The van der Waals surface area contributed by atoms with Crippen LogP contribution in [0.1, 0.15) is 40.8 Å². The molecule has 1 aliphatic carbocycles. The lowest BCUT2D eigenvalue weighted by Gasteiger charge is -2.13. The lowest BCUT2D eigenvalue weighted by molar-refractivity contribution is 0.0935. The summed E-state index contributed by atoms with van der Waals surface area (Å²) in [6.45, 7) is 3.93. The number of hydrogen-bond acceptors (Lipinski definition) is 5. The molecule has 1 N–H and O–H groups in total. The first-order valence-electron chi connectivity index (χ1n) is 7.22. The average Bonchev–Trinajstić information content (AvgIpc) is 3.28. The van der Waals surface area contributed by atoms with Gasteiger partial charge in [0, 0.05) is 24.0 Å². The molecule has 2 aromatic rings. The minimum absolute atomic E-state index is 0.140. The number of hydrogen-bond donors (Lipinski definition) is 1. The summed E-state index contributed by atoms with van der Waals surface area (Å²) in [5.41, 5.74) is 1.46. The molecule has 1 fully saturated rings. The highest BCUT2D eigenvalue weighted by molar-refractivity contribution is 7.15. The van der Waals surface area contributed by atoms with Crippen molar-refractivity contribution < 1.29 is 4.79 Å². The molecule has 1 amide bonds. The average molecular weight is 312 g/mol. The molecule has 0 unspecified atom stereocenters. The molecule has 0 bridgehead atoms. The van der Waals surface area contributed by atoms with Crippen LogP contribution in [0.25, 0.3) is 10.4 Å². The van der Waals surface area contributed by atoms with E-state index in [4.69, 9.17) is 0 Å². The Labute approximate surface area is 133 Å². The predicted octanol–water partition coefficient (Wildman–Crippen LogP) is 2.91. The van der Waals surface area contributed by atoms with Gasteiger partial charge < -0.3 is 5.32 Å². The molecule has 0 saturated heterocycles. The first-order valence-corrected chi connectivity index (χ1v) is 8.04. The lowest BCUT2D eigenvalue weighted by atomic mass is 10.1. The van der Waals surface area contributed by atoms with Gasteiger partial charge in [-0.25, -0.2) is 9.97 Å². The van der Waals surface area contributed by atoms with E-state index in [1.807, 2.05) is 13.8 Å². The third kappa shape index (κ3) is 3.00. The van der Waals surface area contributed by atoms with Gasteiger partial charge in [-0.05, 0) is 38.7 Å². The maximum atomic E-state index is 12.3. The SMILES string of the molecule is Cc1ncc(-c2cc(C(=O)N[C@@H](C)C3CC3)cnc2C#N)s1. The maximum Gasteiger partial charge on any atom is 0.253 e. The van der Waals surface area contributed by atoms with Crippen LogP contribution in [-0.2, 0) is 0 Å². The summed E-state index contributed by atoms with van der Waals surface area (Å²) < 4.78 is 0. The van der Waals surface area contributed by atoms with Gasteiger partial charge in [0.1, 0.15) is 11.8 Å². The monoisotopic (exact) mass is 312 g/mol. The Morgan fingerprint density at radius 1 is 1.45 bits per heavy atom. The largest absolute Gasteiger partial charge is 0.349 e. The van der Waals surface area contributed by atoms with E-state index < -0.39 is 0 Å². The number of carbonyl (C=O) groups excluding carboxylic acids is 1. The summed E-state index contributed by atoms with van der Waals surface area (Å²) in [6.07, 6.45) is 5.54. The van der Waals surface area contributed by atoms with Gasteiger partial charge in [-0.2, -0.15) is 5.26 Å². The van der Waals surface area contributed by atoms with Crippen molar-refractivity contribution >= 4 is 17.2 Å². The standard InChI is InChI=1S/C16H16N4OS/c1-9(11-3-4-11)20-16(21)12-5-13(14(6-17)19-7-12)15-8-18-10(2)22-15/h5,7-9,11H,3-4H2,1-2H3,(H,20,21)/t9-/m0/s1. The minimum atomic E-state index is -0.140. The van der Waals surface area contributed by atoms with Crippen LogP contribution >= 0.6 is 11.3 Å². The number of carbonyl (C=O) groups is 1. The second-order valence-electron chi connectivity index (χ2n) is 5.58. The molecule has 1 atom stereocenters. The van der Waals surface area contributed by atoms with E-state index in [-0.39, 0.29) is 11.9 Å². The molecule has 1 saturated carbocycles. The van der Waals surface area contributed by atoms with Gasteiger partial charge in [-0.1, -0.05) is 0 Å². The van der Waals surface area contributed by atoms with Gasteiger partial charge in [0.15, 0.2) is 0 Å². The molecule has 1 aliphatic rings. The highest BCUT2D eigenvalue weighted by Crippen LogP contribution is 2.32. The summed E-state index contributed by atoms with van der Waals surface area (Å²) in [4.78, 5) is 21.5. The highest BCUT2D eigenvalue weighted by atomic mass is 32.1. The van der Waals surface area contributed by atoms with Crippen molar-refractivity contribution in [1.29, 1.82) is 5.26 Å². The molecule has 5 nitrogen and oxygen atoms in total. The van der Waals surface area contributed by atoms with Crippen molar-refractivity contribution in [2.24, 2.45) is 5.92 Å². The fourth-order valence-corrected chi connectivity index (χ4v) is 3.15. The van der Waals surface area contributed by atoms with E-state index in [1.165, 1.54) is 30.4 Å². The number of aryl methyl sites for hydroxylation is 1. The molecular formula is C16H16N4OS. The van der Waals surface area contributed by atoms with E-state index in [0.29, 0.717) is 22.7 Å². The lowest BCUT2D eigenvalue weighted by Crippen LogP contribution is -2.34. The van der Waals surface area contributed by atoms with Crippen LogP contribution in [0.4, 0.5) is 0 Å². The van der Waals surface area contributed by atoms with Crippen molar-refractivity contribution in [3.63, 3.8) is 0 Å². The molecule has 112 valence electrons. The predicted molar refractivity (Wildman–Crippen MR) is 84.4 cm³/mol. The second kappa shape index (κ2) is 5.85. The van der Waals surface area contributed by atoms with E-state index in [1.54, 1.807) is 12.3 Å². The van der Waals surface area contributed by atoms with Crippen LogP contribution in [-0.4, -0.2) is 21.9 Å². The molecule has 0 radical (unpaired) electrons. The summed E-state index contributed by atoms with van der Waals surface area (Å²) in [5.74, 6) is 0.456. The highest BCUT2D eigenvalue weighted by Gasteiger charge is 2.29. The van der Waals surface area contributed by atoms with Gasteiger partial charge in [0.2, 0.25) is 0 Å². The Balaban J connectivity index is 1.89. The van der Waals surface area contributed by atoms with Gasteiger partial charge in [0.05, 0.1) is 15.4 Å². The van der Waals surface area contributed by atoms with E-state index >= 15 is 0 Å². The van der Waals surface area contributed by atoms with E-state index in [9.17, 15) is 10.1 Å². The van der Waals surface area contributed by atoms with Crippen molar-refractivity contribution in [3.05, 3.63) is 34.7 Å². The Kier molecular flexibility index (Phi) is 3.90. The smallest absolute Gasteiger partial charge is 0.253 e. The third-order valence-electron chi connectivity index (χ3n) is 3.83. The van der Waals surface area contributed by atoms with Crippen molar-refractivity contribution in [1.82, 2.24) is 15.3 Å². The summed E-state index contributed by atoms with van der Waals surface area (Å²) >= 11 is 1.49. The molecule has 3 rings (SSSR count). The van der Waals surface area contributed by atoms with Gasteiger partial charge >= 0.3 is 0 Å². The number of nitrogens with one attached hydrogen (secondary N) is 1. The number of pyridine rings is 1. The zero-order valence-electron chi connectivity index (χ0n) is 12.5. The van der Waals surface area contributed by atoms with Gasteiger partial charge in [-0.3, -0.25) is 4.79 Å². The number of rotatable bonds is 4. The summed E-state index contributed by atoms with van der Waals surface area (Å²) in [6, 6.07) is 3.98. The first kappa shape index (κ1) is 14.7. The van der Waals surface area contributed by atoms with Gasteiger partial charge in [0.25, 0.3) is 5.91 Å². The molecule has 0 spiro atoms. The first-order chi connectivity index (χ1) is 10.6. The Hall–Kier alpha value is -2.26. The number of amides is 1. The third-order valence-corrected chi connectivity index (χ3v) is 4.78. The van der Waals surface area contributed by atoms with Crippen LogP contribution in [0.15, 0.2) is 18.5 Å². The topological polar surface area (TPSA) is 78.7 Å². The van der Waals surface area contributed by atoms with Crippen LogP contribution in [0.5, 0.6) is 0 Å². The summed E-state index contributed by atoms with van der Waals surface area (Å²) in [5, 5.41) is 13.1. The van der Waals surface area contributed by atoms with Crippen LogP contribution < -0.4 is 5.32 Å². The molecule has 2 aromatic heterocycles. The molecule has 6 heteroatoms. The van der Waals surface area contributed by atoms with Gasteiger partial charge in [-0.15, -0.1) is 11.3 Å². The van der Waals surface area contributed by atoms with Crippen molar-refractivity contribution in [3.8, 4) is 16.5 Å².